The summed E-state index contributed by atoms with van der Waals surface area (Å²) in [5.41, 5.74) is 10.9. The third-order valence-corrected chi connectivity index (χ3v) is 21.0. The molecule has 0 heterocycles. The molecule has 0 bridgehead atoms. The monoisotopic (exact) mass is 654 g/mol. The average molecular weight is 653 g/mol. The van der Waals surface area contributed by atoms with Crippen LogP contribution in [0.1, 0.15) is 83.2 Å². The quantitative estimate of drug-likeness (QED) is 0.193. The SMILES string of the molecule is CC(C)[C](c1ccccc1)=[Hf]([c]1c(C(C)(C)C)ccc2c1Cc1cc(C(C)(C)C)ccc1-2)[CH]1C=CC=C1. The minimum atomic E-state index is -2.71. The van der Waals surface area contributed by atoms with Crippen LogP contribution in [0.3, 0.4) is 0 Å². The Kier molecular flexibility index (Phi) is 7.07. The average Bonchev–Trinajstić information content (AvgIpc) is 3.48. The molecule has 0 unspecified atom stereocenters. The summed E-state index contributed by atoms with van der Waals surface area (Å²) in [6, 6.07) is 23.6. The van der Waals surface area contributed by atoms with Crippen LogP contribution in [0.4, 0.5) is 0 Å². The van der Waals surface area contributed by atoms with E-state index < -0.39 is 21.0 Å². The van der Waals surface area contributed by atoms with Gasteiger partial charge in [-0.15, -0.1) is 0 Å². The zero-order valence-electron chi connectivity index (χ0n) is 23.9. The molecule has 0 saturated heterocycles. The van der Waals surface area contributed by atoms with E-state index in [1.54, 1.807) is 17.7 Å². The van der Waals surface area contributed by atoms with E-state index in [-0.39, 0.29) is 10.8 Å². The van der Waals surface area contributed by atoms with E-state index in [2.05, 4.69) is 140 Å². The Balaban J connectivity index is 1.85. The molecule has 0 radical (unpaired) electrons. The maximum atomic E-state index is 2.51. The number of allylic oxidation sites excluding steroid dienone is 4. The third kappa shape index (κ3) is 5.01. The molecular formula is C36H42Hf. The molecule has 3 aromatic carbocycles. The molecule has 0 nitrogen and oxygen atoms in total. The van der Waals surface area contributed by atoms with E-state index in [9.17, 15) is 0 Å². The summed E-state index contributed by atoms with van der Waals surface area (Å²) in [7, 11) is 0. The summed E-state index contributed by atoms with van der Waals surface area (Å²) < 4.78 is 4.11. The van der Waals surface area contributed by atoms with Gasteiger partial charge in [-0.25, -0.2) is 0 Å². The van der Waals surface area contributed by atoms with Crippen LogP contribution < -0.4 is 3.32 Å². The Labute approximate surface area is 232 Å². The molecule has 0 aromatic heterocycles. The van der Waals surface area contributed by atoms with Crippen LogP contribution in [-0.4, -0.2) is 3.26 Å². The summed E-state index contributed by atoms with van der Waals surface area (Å²) in [6.07, 6.45) is 10.7. The van der Waals surface area contributed by atoms with E-state index in [0.717, 1.165) is 6.42 Å². The summed E-state index contributed by atoms with van der Waals surface area (Å²) >= 11 is -2.71. The fourth-order valence-electron chi connectivity index (χ4n) is 6.20. The van der Waals surface area contributed by atoms with Gasteiger partial charge < -0.3 is 0 Å². The van der Waals surface area contributed by atoms with Crippen molar-refractivity contribution in [3.8, 4) is 11.1 Å². The standard InChI is InChI=1S/C21H25.C10H12.C5H5.Hf/c1-20(2,3)16-7-9-18-14(12-16)11-15-13-17(21(4,5)6)8-10-19(15)18;1-9(2)8-10-6-4-3-5-7-10;1-2-4-5-3-1;/h7-10,12H,11H2,1-6H3;3-7,9H,1-2H3;1-5H;. The summed E-state index contributed by atoms with van der Waals surface area (Å²) in [5, 5.41) is 0. The maximum absolute atomic E-state index is 2.71. The number of rotatable bonds is 4. The van der Waals surface area contributed by atoms with Crippen LogP contribution in [0.25, 0.3) is 11.1 Å². The van der Waals surface area contributed by atoms with E-state index in [1.165, 1.54) is 27.8 Å². The van der Waals surface area contributed by atoms with E-state index >= 15 is 0 Å². The zero-order chi connectivity index (χ0) is 26.5. The molecule has 0 fully saturated rings. The molecule has 190 valence electrons. The van der Waals surface area contributed by atoms with Gasteiger partial charge in [0.1, 0.15) is 0 Å². The van der Waals surface area contributed by atoms with Crippen molar-refractivity contribution in [1.29, 1.82) is 0 Å². The Hall–Kier alpha value is -2.12. The first kappa shape index (κ1) is 26.5. The molecule has 2 aliphatic carbocycles. The molecule has 0 saturated carbocycles. The first-order chi connectivity index (χ1) is 17.5. The van der Waals surface area contributed by atoms with Gasteiger partial charge in [-0.2, -0.15) is 0 Å². The normalized spacial score (nSPS) is 15.8. The second-order valence-corrected chi connectivity index (χ2v) is 22.3. The second kappa shape index (κ2) is 9.88. The predicted molar refractivity (Wildman–Crippen MR) is 159 cm³/mol. The van der Waals surface area contributed by atoms with Gasteiger partial charge in [-0.1, -0.05) is 0 Å². The van der Waals surface area contributed by atoms with Crippen LogP contribution in [0.2, 0.25) is 3.67 Å². The second-order valence-electron chi connectivity index (χ2n) is 13.2. The molecule has 0 N–H and O–H groups in total. The molecule has 37 heavy (non-hydrogen) atoms. The van der Waals surface area contributed by atoms with Gasteiger partial charge in [0, 0.05) is 0 Å². The van der Waals surface area contributed by atoms with Crippen LogP contribution in [0.5, 0.6) is 0 Å². The summed E-state index contributed by atoms with van der Waals surface area (Å²) in [6.45, 7) is 19.1. The number of hydrogen-bond donors (Lipinski definition) is 0. The van der Waals surface area contributed by atoms with Crippen LogP contribution in [0, 0.1) is 5.92 Å². The van der Waals surface area contributed by atoms with Gasteiger partial charge in [0.05, 0.1) is 0 Å². The van der Waals surface area contributed by atoms with Gasteiger partial charge >= 0.3 is 234 Å². The fourth-order valence-corrected chi connectivity index (χ4v) is 20.4. The zero-order valence-corrected chi connectivity index (χ0v) is 27.5. The van der Waals surface area contributed by atoms with E-state index in [0.29, 0.717) is 9.59 Å². The van der Waals surface area contributed by atoms with E-state index in [1.807, 2.05) is 0 Å². The molecule has 5 rings (SSSR count). The van der Waals surface area contributed by atoms with Crippen molar-refractivity contribution in [2.45, 2.75) is 76.3 Å². The predicted octanol–water partition coefficient (Wildman–Crippen LogP) is 8.89. The molecule has 0 atom stereocenters. The van der Waals surface area contributed by atoms with Gasteiger partial charge in [0.2, 0.25) is 0 Å². The van der Waals surface area contributed by atoms with Crippen molar-refractivity contribution in [1.82, 2.24) is 0 Å². The Morgan fingerprint density at radius 2 is 1.43 bits per heavy atom. The van der Waals surface area contributed by atoms with Crippen LogP contribution in [0.15, 0.2) is 85.0 Å². The molecule has 2 aliphatic rings. The van der Waals surface area contributed by atoms with Crippen molar-refractivity contribution in [3.63, 3.8) is 0 Å². The van der Waals surface area contributed by atoms with Crippen molar-refractivity contribution < 1.29 is 21.0 Å². The minimum absolute atomic E-state index is 0.108. The molecule has 0 aliphatic heterocycles. The topological polar surface area (TPSA) is 0 Å². The molecule has 0 spiro atoms. The Morgan fingerprint density at radius 3 is 2.03 bits per heavy atom. The van der Waals surface area contributed by atoms with Gasteiger partial charge in [-0.3, -0.25) is 0 Å². The van der Waals surface area contributed by atoms with Gasteiger partial charge in [-0.05, 0) is 0 Å². The first-order valence-corrected chi connectivity index (χ1v) is 19.6. The molecule has 0 amide bonds. The Bertz CT molecular complexity index is 1400. The number of hydrogen-bond acceptors (Lipinski definition) is 0. The number of benzene rings is 3. The third-order valence-electron chi connectivity index (χ3n) is 8.05. The van der Waals surface area contributed by atoms with Crippen molar-refractivity contribution in [3.05, 3.63) is 113 Å². The van der Waals surface area contributed by atoms with Crippen LogP contribution in [-0.2, 0) is 38.2 Å². The van der Waals surface area contributed by atoms with Crippen molar-refractivity contribution in [2.24, 2.45) is 5.92 Å². The fraction of sp³-hybridized carbons (Fsp3) is 0.361. The summed E-state index contributed by atoms with van der Waals surface area (Å²) in [4.78, 5) is 0. The Morgan fingerprint density at radius 1 is 0.784 bits per heavy atom. The number of fused-ring (bicyclic) bond motifs is 3. The van der Waals surface area contributed by atoms with Crippen LogP contribution >= 0.6 is 0 Å². The molecule has 1 heteroatoms. The molecule has 3 aromatic rings. The van der Waals surface area contributed by atoms with Gasteiger partial charge in [0.15, 0.2) is 0 Å². The van der Waals surface area contributed by atoms with E-state index in [4.69, 9.17) is 0 Å². The van der Waals surface area contributed by atoms with Crippen molar-refractivity contribution >= 4 is 6.58 Å². The van der Waals surface area contributed by atoms with Gasteiger partial charge in [0.25, 0.3) is 0 Å². The van der Waals surface area contributed by atoms with Crippen molar-refractivity contribution in [2.75, 3.05) is 0 Å². The first-order valence-electron chi connectivity index (χ1n) is 13.9. The summed E-state index contributed by atoms with van der Waals surface area (Å²) in [5.74, 6) is 0.534. The molecular weight excluding hydrogens is 611 g/mol.